The van der Waals surface area contributed by atoms with Gasteiger partial charge in [0.05, 0.1) is 25.0 Å². The zero-order valence-corrected chi connectivity index (χ0v) is 20.7. The Kier molecular flexibility index (Phi) is 8.43. The molecule has 1 saturated heterocycles. The van der Waals surface area contributed by atoms with E-state index in [0.29, 0.717) is 43.1 Å². The second kappa shape index (κ2) is 11.7. The van der Waals surface area contributed by atoms with Crippen molar-refractivity contribution in [2.45, 2.75) is 26.3 Å². The van der Waals surface area contributed by atoms with Gasteiger partial charge in [0.25, 0.3) is 5.91 Å². The van der Waals surface area contributed by atoms with E-state index in [1.54, 1.807) is 49.1 Å². The van der Waals surface area contributed by atoms with Gasteiger partial charge in [-0.3, -0.25) is 14.5 Å². The van der Waals surface area contributed by atoms with E-state index in [4.69, 9.17) is 4.74 Å². The molecule has 0 bridgehead atoms. The Bertz CT molecular complexity index is 1100. The van der Waals surface area contributed by atoms with E-state index in [-0.39, 0.29) is 30.6 Å². The molecular weight excluding hydrogens is 466 g/mol. The molecule has 9 heteroatoms. The number of morpholine rings is 1. The third-order valence-electron chi connectivity index (χ3n) is 6.53. The monoisotopic (exact) mass is 498 g/mol. The van der Waals surface area contributed by atoms with Gasteiger partial charge in [0.2, 0.25) is 5.91 Å². The molecule has 2 aromatic carbocycles. The highest BCUT2D eigenvalue weighted by Crippen LogP contribution is 2.34. The summed E-state index contributed by atoms with van der Waals surface area (Å²) in [5, 5.41) is 5.82. The van der Waals surface area contributed by atoms with Gasteiger partial charge in [-0.05, 0) is 23.8 Å². The zero-order valence-electron chi connectivity index (χ0n) is 20.7. The average Bonchev–Trinajstić information content (AvgIpc) is 3.32. The number of hydrogen-bond acceptors (Lipinski definition) is 5. The number of amides is 2. The van der Waals surface area contributed by atoms with Gasteiger partial charge in [0.15, 0.2) is 0 Å². The molecule has 2 amide bonds. The van der Waals surface area contributed by atoms with Crippen molar-refractivity contribution in [1.29, 1.82) is 0 Å². The fourth-order valence-electron chi connectivity index (χ4n) is 4.50. The molecule has 0 spiro atoms. The van der Waals surface area contributed by atoms with Crippen molar-refractivity contribution in [1.82, 2.24) is 14.8 Å². The lowest BCUT2D eigenvalue weighted by Gasteiger charge is -2.31. The molecular formula is C27H32F2N4O3. The van der Waals surface area contributed by atoms with Crippen LogP contribution < -0.4 is 0 Å². The summed E-state index contributed by atoms with van der Waals surface area (Å²) in [4.78, 5) is 30.3. The molecule has 36 heavy (non-hydrogen) atoms. The van der Waals surface area contributed by atoms with Crippen molar-refractivity contribution in [2.24, 2.45) is 11.0 Å². The summed E-state index contributed by atoms with van der Waals surface area (Å²) < 4.78 is 33.6. The maximum Gasteiger partial charge on any atom is 0.262 e. The highest BCUT2D eigenvalue weighted by molar-refractivity contribution is 6.03. The number of hydrogen-bond donors (Lipinski definition) is 0. The molecule has 2 aromatic rings. The van der Waals surface area contributed by atoms with Crippen LogP contribution in [-0.4, -0.2) is 78.3 Å². The minimum Gasteiger partial charge on any atom is -0.379 e. The van der Waals surface area contributed by atoms with Crippen LogP contribution in [0.15, 0.2) is 53.6 Å². The Morgan fingerprint density at radius 2 is 1.78 bits per heavy atom. The maximum absolute atomic E-state index is 14.8. The van der Waals surface area contributed by atoms with E-state index in [0.717, 1.165) is 13.1 Å². The second-order valence-corrected chi connectivity index (χ2v) is 9.40. The van der Waals surface area contributed by atoms with Gasteiger partial charge in [-0.1, -0.05) is 44.2 Å². The number of ether oxygens (including phenoxy) is 1. The first kappa shape index (κ1) is 25.9. The number of carbonyl (C=O) groups excluding carboxylic acids is 2. The Labute approximate surface area is 210 Å². The van der Waals surface area contributed by atoms with E-state index in [1.807, 2.05) is 0 Å². The Morgan fingerprint density at radius 3 is 2.44 bits per heavy atom. The standard InChI is InChI=1S/C27H32F2N4O3/c1-19(2)27(35)32(12-11-31-13-15-36-16-14-31)18-26(34)33-25(22-5-3-4-6-23(22)29)17-24(30-33)20-7-9-21(28)10-8-20/h3-10,19,25H,11-18H2,1-2H3/t25-/m0/s1. The molecule has 0 aromatic heterocycles. The molecule has 0 saturated carbocycles. The molecule has 7 nitrogen and oxygen atoms in total. The molecule has 1 atom stereocenters. The van der Waals surface area contributed by atoms with Gasteiger partial charge in [0, 0.05) is 44.1 Å². The lowest BCUT2D eigenvalue weighted by atomic mass is 9.98. The van der Waals surface area contributed by atoms with Gasteiger partial charge < -0.3 is 9.64 Å². The molecule has 2 heterocycles. The topological polar surface area (TPSA) is 65.5 Å². The number of hydrazone groups is 1. The van der Waals surface area contributed by atoms with Crippen LogP contribution in [0.1, 0.15) is 37.4 Å². The first-order chi connectivity index (χ1) is 17.3. The Morgan fingerprint density at radius 1 is 1.08 bits per heavy atom. The van der Waals surface area contributed by atoms with E-state index >= 15 is 0 Å². The highest BCUT2D eigenvalue weighted by Gasteiger charge is 2.36. The fraction of sp³-hybridized carbons (Fsp3) is 0.444. The number of carbonyl (C=O) groups is 2. The number of nitrogens with zero attached hydrogens (tertiary/aromatic N) is 4. The normalized spacial score (nSPS) is 18.4. The average molecular weight is 499 g/mol. The molecule has 0 unspecified atom stereocenters. The molecule has 1 fully saturated rings. The highest BCUT2D eigenvalue weighted by atomic mass is 19.1. The van der Waals surface area contributed by atoms with E-state index in [2.05, 4.69) is 10.0 Å². The van der Waals surface area contributed by atoms with Crippen molar-refractivity contribution < 1.29 is 23.1 Å². The largest absolute Gasteiger partial charge is 0.379 e. The van der Waals surface area contributed by atoms with Gasteiger partial charge >= 0.3 is 0 Å². The van der Waals surface area contributed by atoms with E-state index in [9.17, 15) is 18.4 Å². The minimum atomic E-state index is -0.658. The summed E-state index contributed by atoms with van der Waals surface area (Å²) in [6.45, 7) is 7.34. The lowest BCUT2D eigenvalue weighted by Crippen LogP contribution is -2.47. The lowest BCUT2D eigenvalue weighted by molar-refractivity contribution is -0.143. The first-order valence-corrected chi connectivity index (χ1v) is 12.3. The van der Waals surface area contributed by atoms with Gasteiger partial charge in [-0.15, -0.1) is 0 Å². The van der Waals surface area contributed by atoms with Crippen molar-refractivity contribution in [3.8, 4) is 0 Å². The van der Waals surface area contributed by atoms with Crippen LogP contribution in [-0.2, 0) is 14.3 Å². The quantitative estimate of drug-likeness (QED) is 0.559. The molecule has 0 N–H and O–H groups in total. The van der Waals surface area contributed by atoms with Crippen molar-refractivity contribution in [3.05, 3.63) is 71.3 Å². The van der Waals surface area contributed by atoms with Gasteiger partial charge in [-0.25, -0.2) is 13.8 Å². The SMILES string of the molecule is CC(C)C(=O)N(CCN1CCOCC1)CC(=O)N1N=C(c2ccc(F)cc2)C[C@H]1c1ccccc1F. The van der Waals surface area contributed by atoms with Crippen LogP contribution in [0.2, 0.25) is 0 Å². The molecule has 2 aliphatic rings. The maximum atomic E-state index is 14.8. The minimum absolute atomic E-state index is 0.124. The third kappa shape index (κ3) is 6.14. The van der Waals surface area contributed by atoms with Crippen molar-refractivity contribution in [3.63, 3.8) is 0 Å². The van der Waals surface area contributed by atoms with Crippen LogP contribution in [0.5, 0.6) is 0 Å². The third-order valence-corrected chi connectivity index (χ3v) is 6.53. The van der Waals surface area contributed by atoms with Gasteiger partial charge in [0.1, 0.15) is 18.2 Å². The second-order valence-electron chi connectivity index (χ2n) is 9.40. The van der Waals surface area contributed by atoms with E-state index in [1.165, 1.54) is 23.2 Å². The fourth-order valence-corrected chi connectivity index (χ4v) is 4.50. The molecule has 192 valence electrons. The van der Waals surface area contributed by atoms with Crippen LogP contribution in [0.4, 0.5) is 8.78 Å². The summed E-state index contributed by atoms with van der Waals surface area (Å²) >= 11 is 0. The summed E-state index contributed by atoms with van der Waals surface area (Å²) in [6.07, 6.45) is 0.282. The summed E-state index contributed by atoms with van der Waals surface area (Å²) in [6, 6.07) is 11.5. The smallest absolute Gasteiger partial charge is 0.262 e. The van der Waals surface area contributed by atoms with Crippen molar-refractivity contribution >= 4 is 17.5 Å². The van der Waals surface area contributed by atoms with Gasteiger partial charge in [-0.2, -0.15) is 5.10 Å². The summed E-state index contributed by atoms with van der Waals surface area (Å²) in [5.74, 6) is -1.60. The Hall–Kier alpha value is -3.17. The molecule has 0 radical (unpaired) electrons. The van der Waals surface area contributed by atoms with Crippen LogP contribution in [0.25, 0.3) is 0 Å². The van der Waals surface area contributed by atoms with Crippen LogP contribution in [0.3, 0.4) is 0 Å². The van der Waals surface area contributed by atoms with E-state index < -0.39 is 17.8 Å². The summed E-state index contributed by atoms with van der Waals surface area (Å²) in [5.41, 5.74) is 1.57. The van der Waals surface area contributed by atoms with Crippen LogP contribution in [0, 0.1) is 17.6 Å². The zero-order chi connectivity index (χ0) is 25.7. The number of benzene rings is 2. The molecule has 2 aliphatic heterocycles. The van der Waals surface area contributed by atoms with Crippen LogP contribution >= 0.6 is 0 Å². The molecule has 0 aliphatic carbocycles. The Balaban J connectivity index is 1.57. The van der Waals surface area contributed by atoms with Crippen molar-refractivity contribution in [2.75, 3.05) is 45.9 Å². The summed E-state index contributed by atoms with van der Waals surface area (Å²) in [7, 11) is 0. The predicted molar refractivity (Wildman–Crippen MR) is 132 cm³/mol. The number of halogens is 2. The first-order valence-electron chi connectivity index (χ1n) is 12.3. The molecule has 4 rings (SSSR count). The number of rotatable bonds is 8. The predicted octanol–water partition coefficient (Wildman–Crippen LogP) is 3.46.